The van der Waals surface area contributed by atoms with Gasteiger partial charge < -0.3 is 14.5 Å². The number of rotatable bonds is 5. The van der Waals surface area contributed by atoms with Crippen molar-refractivity contribution in [3.05, 3.63) is 51.6 Å². The van der Waals surface area contributed by atoms with Crippen molar-refractivity contribution in [1.29, 1.82) is 0 Å². The Kier molecular flexibility index (Phi) is 6.80. The third-order valence-corrected chi connectivity index (χ3v) is 7.04. The average Bonchev–Trinajstić information content (AvgIpc) is 3.28. The van der Waals surface area contributed by atoms with Crippen LogP contribution in [-0.4, -0.2) is 69.9 Å². The normalized spacial score (nSPS) is 14.1. The number of aromatic nitrogens is 2. The van der Waals surface area contributed by atoms with Gasteiger partial charge in [-0.25, -0.2) is 9.78 Å². The first-order chi connectivity index (χ1) is 15.5. The Hall–Kier alpha value is -2.85. The second-order valence-corrected chi connectivity index (χ2v) is 9.15. The van der Waals surface area contributed by atoms with Gasteiger partial charge in [0.25, 0.3) is 5.56 Å². The molecule has 1 aliphatic heterocycles. The highest BCUT2D eigenvalue weighted by atomic mass is 32.2. The van der Waals surface area contributed by atoms with E-state index in [1.54, 1.807) is 27.4 Å². The number of ether oxygens (including phenoxy) is 1. The molecule has 3 heterocycles. The van der Waals surface area contributed by atoms with Gasteiger partial charge in [0, 0.05) is 26.2 Å². The number of nitrogens with zero attached hydrogens (tertiary/aromatic N) is 4. The molecule has 1 aromatic carbocycles. The van der Waals surface area contributed by atoms with Gasteiger partial charge in [-0.15, -0.1) is 11.3 Å². The highest BCUT2D eigenvalue weighted by Gasteiger charge is 2.25. The largest absolute Gasteiger partial charge is 0.450 e. The highest BCUT2D eigenvalue weighted by molar-refractivity contribution is 7.99. The van der Waals surface area contributed by atoms with Crippen LogP contribution in [0.15, 0.2) is 45.7 Å². The summed E-state index contributed by atoms with van der Waals surface area (Å²) in [5.41, 5.74) is 1.58. The molecule has 2 aromatic heterocycles. The average molecular weight is 473 g/mol. The summed E-state index contributed by atoms with van der Waals surface area (Å²) in [5.74, 6) is 0.115. The molecule has 10 heteroatoms. The number of para-hydroxylation sites is 1. The van der Waals surface area contributed by atoms with Crippen LogP contribution in [0, 0.1) is 6.92 Å². The Morgan fingerprint density at radius 3 is 2.56 bits per heavy atom. The molecular weight excluding hydrogens is 448 g/mol. The Labute approximate surface area is 193 Å². The molecule has 3 aromatic rings. The molecule has 8 nitrogen and oxygen atoms in total. The van der Waals surface area contributed by atoms with Crippen LogP contribution in [0.3, 0.4) is 0 Å². The van der Waals surface area contributed by atoms with Gasteiger partial charge in [0.15, 0.2) is 5.16 Å². The molecule has 1 fully saturated rings. The topological polar surface area (TPSA) is 84.7 Å². The summed E-state index contributed by atoms with van der Waals surface area (Å²) < 4.78 is 6.62. The fourth-order valence-corrected chi connectivity index (χ4v) is 5.30. The molecule has 4 rings (SSSR count). The monoisotopic (exact) mass is 472 g/mol. The predicted octanol–water partition coefficient (Wildman–Crippen LogP) is 3.15. The molecule has 0 saturated carbocycles. The van der Waals surface area contributed by atoms with E-state index in [0.29, 0.717) is 48.2 Å². The zero-order valence-corrected chi connectivity index (χ0v) is 19.6. The molecule has 0 bridgehead atoms. The molecule has 0 unspecified atom stereocenters. The summed E-state index contributed by atoms with van der Waals surface area (Å²) in [4.78, 5) is 46.6. The van der Waals surface area contributed by atoms with Crippen molar-refractivity contribution in [2.45, 2.75) is 19.0 Å². The maximum Gasteiger partial charge on any atom is 0.409 e. The number of fused-ring (bicyclic) bond motifs is 1. The zero-order valence-electron chi connectivity index (χ0n) is 17.9. The van der Waals surface area contributed by atoms with Gasteiger partial charge in [0.1, 0.15) is 4.83 Å². The van der Waals surface area contributed by atoms with Crippen LogP contribution in [0.2, 0.25) is 0 Å². The molecule has 1 aliphatic rings. The lowest BCUT2D eigenvalue weighted by molar-refractivity contribution is -0.129. The van der Waals surface area contributed by atoms with E-state index < -0.39 is 0 Å². The van der Waals surface area contributed by atoms with E-state index in [1.165, 1.54) is 23.1 Å². The number of amides is 2. The third kappa shape index (κ3) is 4.51. The quantitative estimate of drug-likeness (QED) is 0.419. The Morgan fingerprint density at radius 1 is 1.12 bits per heavy atom. The molecule has 0 radical (unpaired) electrons. The van der Waals surface area contributed by atoms with Crippen LogP contribution < -0.4 is 5.56 Å². The first-order valence-electron chi connectivity index (χ1n) is 10.4. The fraction of sp³-hybridized carbons (Fsp3) is 0.364. The minimum atomic E-state index is -0.343. The smallest absolute Gasteiger partial charge is 0.409 e. The predicted molar refractivity (Wildman–Crippen MR) is 126 cm³/mol. The number of carbonyl (C=O) groups is 2. The van der Waals surface area contributed by atoms with Gasteiger partial charge in [-0.2, -0.15) is 0 Å². The van der Waals surface area contributed by atoms with Gasteiger partial charge in [-0.3, -0.25) is 14.2 Å². The minimum Gasteiger partial charge on any atom is -0.450 e. The molecule has 0 spiro atoms. The number of hydrogen-bond acceptors (Lipinski definition) is 7. The maximum absolute atomic E-state index is 13.2. The number of hydrogen-bond donors (Lipinski definition) is 0. The summed E-state index contributed by atoms with van der Waals surface area (Å²) in [6.07, 6.45) is -0.343. The van der Waals surface area contributed by atoms with Crippen LogP contribution in [0.4, 0.5) is 4.79 Å². The fourth-order valence-electron chi connectivity index (χ4n) is 3.59. The Bertz CT molecular complexity index is 1200. The molecular formula is C22H24N4O4S2. The lowest BCUT2D eigenvalue weighted by Gasteiger charge is -2.34. The van der Waals surface area contributed by atoms with E-state index in [1.807, 2.05) is 36.6 Å². The van der Waals surface area contributed by atoms with Crippen LogP contribution in [0.1, 0.15) is 12.5 Å². The number of aryl methyl sites for hydroxylation is 1. The van der Waals surface area contributed by atoms with Crippen LogP contribution in [-0.2, 0) is 9.53 Å². The van der Waals surface area contributed by atoms with Crippen molar-refractivity contribution in [3.63, 3.8) is 0 Å². The van der Waals surface area contributed by atoms with Gasteiger partial charge in [0.05, 0.1) is 23.4 Å². The van der Waals surface area contributed by atoms with Gasteiger partial charge in [-0.05, 0) is 36.9 Å². The summed E-state index contributed by atoms with van der Waals surface area (Å²) in [7, 11) is 0. The second kappa shape index (κ2) is 9.74. The van der Waals surface area contributed by atoms with Crippen molar-refractivity contribution in [2.24, 2.45) is 0 Å². The number of carbonyl (C=O) groups excluding carboxylic acids is 2. The molecule has 168 valence electrons. The summed E-state index contributed by atoms with van der Waals surface area (Å²) in [6.45, 7) is 5.86. The van der Waals surface area contributed by atoms with Gasteiger partial charge in [0.2, 0.25) is 5.91 Å². The SMILES string of the molecule is CCOC(=O)N1CCN(C(=O)CSc2nc3sccc3c(=O)n2-c2ccccc2C)CC1. The number of benzene rings is 1. The van der Waals surface area contributed by atoms with Crippen molar-refractivity contribution in [2.75, 3.05) is 38.5 Å². The zero-order chi connectivity index (χ0) is 22.7. The van der Waals surface area contributed by atoms with Crippen molar-refractivity contribution >= 4 is 45.3 Å². The Morgan fingerprint density at radius 2 is 1.84 bits per heavy atom. The maximum atomic E-state index is 13.2. The Balaban J connectivity index is 1.52. The first-order valence-corrected chi connectivity index (χ1v) is 12.2. The molecule has 1 saturated heterocycles. The van der Waals surface area contributed by atoms with Gasteiger partial charge in [-0.1, -0.05) is 30.0 Å². The first kappa shape index (κ1) is 22.3. The molecule has 0 atom stereocenters. The lowest BCUT2D eigenvalue weighted by Crippen LogP contribution is -2.51. The van der Waals surface area contributed by atoms with E-state index in [-0.39, 0.29) is 23.3 Å². The van der Waals surface area contributed by atoms with E-state index in [0.717, 1.165) is 11.3 Å². The van der Waals surface area contributed by atoms with Crippen molar-refractivity contribution < 1.29 is 14.3 Å². The summed E-state index contributed by atoms with van der Waals surface area (Å²) in [5, 5.41) is 2.92. The minimum absolute atomic E-state index is 0.0460. The van der Waals surface area contributed by atoms with Gasteiger partial charge >= 0.3 is 6.09 Å². The lowest BCUT2D eigenvalue weighted by atomic mass is 10.2. The van der Waals surface area contributed by atoms with Crippen molar-refractivity contribution in [1.82, 2.24) is 19.4 Å². The molecule has 32 heavy (non-hydrogen) atoms. The van der Waals surface area contributed by atoms with E-state index in [4.69, 9.17) is 9.72 Å². The molecule has 0 N–H and O–H groups in total. The second-order valence-electron chi connectivity index (χ2n) is 7.32. The van der Waals surface area contributed by atoms with Crippen LogP contribution in [0.5, 0.6) is 0 Å². The standard InChI is InChI=1S/C22H24N4O4S2/c1-3-30-22(29)25-11-9-24(10-12-25)18(27)14-32-21-23-19-16(8-13-31-19)20(28)26(21)17-7-5-4-6-15(17)2/h4-8,13H,3,9-12,14H2,1-2H3. The van der Waals surface area contributed by atoms with E-state index in [9.17, 15) is 14.4 Å². The van der Waals surface area contributed by atoms with Crippen molar-refractivity contribution in [3.8, 4) is 5.69 Å². The van der Waals surface area contributed by atoms with E-state index >= 15 is 0 Å². The van der Waals surface area contributed by atoms with Crippen LogP contribution in [0.25, 0.3) is 15.9 Å². The van der Waals surface area contributed by atoms with E-state index in [2.05, 4.69) is 0 Å². The highest BCUT2D eigenvalue weighted by Crippen LogP contribution is 2.25. The number of piperazine rings is 1. The summed E-state index contributed by atoms with van der Waals surface area (Å²) >= 11 is 2.67. The molecule has 2 amide bonds. The van der Waals surface area contributed by atoms with Crippen LogP contribution >= 0.6 is 23.1 Å². The summed E-state index contributed by atoms with van der Waals surface area (Å²) in [6, 6.07) is 9.42. The number of thioether (sulfide) groups is 1. The number of thiophene rings is 1. The molecule has 0 aliphatic carbocycles. The third-order valence-electron chi connectivity index (χ3n) is 5.31.